The van der Waals surface area contributed by atoms with Crippen molar-refractivity contribution in [2.24, 2.45) is 11.7 Å². The summed E-state index contributed by atoms with van der Waals surface area (Å²) in [6.45, 7) is 3.51. The van der Waals surface area contributed by atoms with E-state index in [1.165, 1.54) is 58.0 Å². The van der Waals surface area contributed by atoms with Crippen LogP contribution in [-0.4, -0.2) is 54.6 Å². The summed E-state index contributed by atoms with van der Waals surface area (Å²) in [4.78, 5) is 5.46. The number of nitrogens with zero attached hydrogens (tertiary/aromatic N) is 2. The lowest BCUT2D eigenvalue weighted by atomic mass is 9.83. The Balaban J connectivity index is 1.68. The predicted molar refractivity (Wildman–Crippen MR) is 75.6 cm³/mol. The zero-order valence-corrected chi connectivity index (χ0v) is 11.9. The third kappa shape index (κ3) is 2.33. The van der Waals surface area contributed by atoms with Gasteiger partial charge in [0, 0.05) is 24.7 Å². The van der Waals surface area contributed by atoms with Gasteiger partial charge in [-0.3, -0.25) is 9.80 Å². The van der Waals surface area contributed by atoms with Crippen molar-refractivity contribution in [1.29, 1.82) is 0 Å². The van der Waals surface area contributed by atoms with Crippen molar-refractivity contribution < 1.29 is 0 Å². The van der Waals surface area contributed by atoms with Gasteiger partial charge in [-0.25, -0.2) is 0 Å². The smallest absolute Gasteiger partial charge is 0.0223 e. The minimum atomic E-state index is 0.765. The molecule has 0 spiro atoms. The van der Waals surface area contributed by atoms with Gasteiger partial charge in [0.15, 0.2) is 0 Å². The Morgan fingerprint density at radius 2 is 1.78 bits per heavy atom. The molecular formula is C15H29N3. The molecule has 1 aliphatic carbocycles. The van der Waals surface area contributed by atoms with Crippen molar-refractivity contribution in [2.75, 3.05) is 26.7 Å². The van der Waals surface area contributed by atoms with Crippen LogP contribution >= 0.6 is 0 Å². The van der Waals surface area contributed by atoms with E-state index >= 15 is 0 Å². The third-order valence-corrected chi connectivity index (χ3v) is 5.82. The summed E-state index contributed by atoms with van der Waals surface area (Å²) in [7, 11) is 2.34. The number of likely N-dealkylation sites (N-methyl/N-ethyl adjacent to an activating group) is 1. The van der Waals surface area contributed by atoms with Crippen LogP contribution in [0.15, 0.2) is 0 Å². The van der Waals surface area contributed by atoms with Gasteiger partial charge in [0.05, 0.1) is 0 Å². The lowest BCUT2D eigenvalue weighted by Crippen LogP contribution is -2.48. The molecule has 3 rings (SSSR count). The molecule has 3 nitrogen and oxygen atoms in total. The van der Waals surface area contributed by atoms with Crippen LogP contribution < -0.4 is 5.73 Å². The van der Waals surface area contributed by atoms with Crippen LogP contribution in [0.5, 0.6) is 0 Å². The molecule has 0 aromatic heterocycles. The van der Waals surface area contributed by atoms with E-state index in [-0.39, 0.29) is 0 Å². The highest BCUT2D eigenvalue weighted by atomic mass is 15.3. The largest absolute Gasteiger partial charge is 0.330 e. The van der Waals surface area contributed by atoms with Crippen molar-refractivity contribution >= 4 is 0 Å². The summed E-state index contributed by atoms with van der Waals surface area (Å²) < 4.78 is 0. The number of hydrogen-bond acceptors (Lipinski definition) is 3. The summed E-state index contributed by atoms with van der Waals surface area (Å²) in [5.41, 5.74) is 6.01. The normalized spacial score (nSPS) is 43.0. The number of nitrogens with two attached hydrogens (primary N) is 1. The topological polar surface area (TPSA) is 32.5 Å². The lowest BCUT2D eigenvalue weighted by Gasteiger charge is -2.40. The highest BCUT2D eigenvalue weighted by molar-refractivity contribution is 4.94. The minimum absolute atomic E-state index is 0.765. The van der Waals surface area contributed by atoms with Crippen molar-refractivity contribution in [3.63, 3.8) is 0 Å². The Kier molecular flexibility index (Phi) is 3.92. The van der Waals surface area contributed by atoms with E-state index in [1.807, 2.05) is 0 Å². The number of hydrogen-bond donors (Lipinski definition) is 1. The van der Waals surface area contributed by atoms with Crippen LogP contribution in [-0.2, 0) is 0 Å². The van der Waals surface area contributed by atoms with Gasteiger partial charge in [-0.1, -0.05) is 12.8 Å². The summed E-state index contributed by atoms with van der Waals surface area (Å²) in [5, 5.41) is 0. The summed E-state index contributed by atoms with van der Waals surface area (Å²) >= 11 is 0. The number of likely N-dealkylation sites (tertiary alicyclic amines) is 1. The van der Waals surface area contributed by atoms with Gasteiger partial charge >= 0.3 is 0 Å². The van der Waals surface area contributed by atoms with Crippen LogP contribution in [0.1, 0.15) is 44.9 Å². The van der Waals surface area contributed by atoms with Gasteiger partial charge in [0.25, 0.3) is 0 Å². The second-order valence-electron chi connectivity index (χ2n) is 6.68. The second kappa shape index (κ2) is 5.48. The van der Waals surface area contributed by atoms with Crippen molar-refractivity contribution in [2.45, 2.75) is 63.1 Å². The van der Waals surface area contributed by atoms with Gasteiger partial charge in [-0.15, -0.1) is 0 Å². The number of fused-ring (bicyclic) bond motifs is 2. The molecule has 2 N–H and O–H groups in total. The first-order valence-corrected chi connectivity index (χ1v) is 7.95. The monoisotopic (exact) mass is 251 g/mol. The molecule has 2 heterocycles. The molecule has 18 heavy (non-hydrogen) atoms. The molecule has 0 aromatic carbocycles. The van der Waals surface area contributed by atoms with E-state index in [2.05, 4.69) is 16.8 Å². The molecular weight excluding hydrogens is 222 g/mol. The fraction of sp³-hybridized carbons (Fsp3) is 1.00. The molecule has 4 unspecified atom stereocenters. The molecule has 104 valence electrons. The lowest BCUT2D eigenvalue weighted by molar-refractivity contribution is 0.0965. The third-order valence-electron chi connectivity index (χ3n) is 5.82. The molecule has 2 aliphatic heterocycles. The van der Waals surface area contributed by atoms with Crippen molar-refractivity contribution in [3.05, 3.63) is 0 Å². The van der Waals surface area contributed by atoms with Crippen LogP contribution in [0, 0.1) is 5.92 Å². The Labute approximate surface area is 112 Å². The van der Waals surface area contributed by atoms with E-state index in [0.29, 0.717) is 0 Å². The highest BCUT2D eigenvalue weighted by Crippen LogP contribution is 2.33. The van der Waals surface area contributed by atoms with Crippen LogP contribution in [0.3, 0.4) is 0 Å². The van der Waals surface area contributed by atoms with Crippen LogP contribution in [0.2, 0.25) is 0 Å². The van der Waals surface area contributed by atoms with Gasteiger partial charge < -0.3 is 5.73 Å². The maximum absolute atomic E-state index is 6.01. The minimum Gasteiger partial charge on any atom is -0.330 e. The van der Waals surface area contributed by atoms with Crippen LogP contribution in [0.4, 0.5) is 0 Å². The molecule has 3 aliphatic rings. The maximum atomic E-state index is 6.01. The fourth-order valence-electron chi connectivity index (χ4n) is 4.58. The molecule has 1 saturated carbocycles. The van der Waals surface area contributed by atoms with Crippen molar-refractivity contribution in [3.8, 4) is 0 Å². The predicted octanol–water partition coefficient (Wildman–Crippen LogP) is 1.67. The molecule has 4 atom stereocenters. The molecule has 0 radical (unpaired) electrons. The first-order valence-electron chi connectivity index (χ1n) is 7.95. The maximum Gasteiger partial charge on any atom is 0.0223 e. The Bertz CT molecular complexity index is 281. The zero-order valence-electron chi connectivity index (χ0n) is 11.9. The Hall–Kier alpha value is -0.120. The first kappa shape index (κ1) is 12.9. The molecule has 0 amide bonds. The van der Waals surface area contributed by atoms with Gasteiger partial charge in [-0.2, -0.15) is 0 Å². The molecule has 2 saturated heterocycles. The van der Waals surface area contributed by atoms with E-state index in [9.17, 15) is 0 Å². The highest BCUT2D eigenvalue weighted by Gasteiger charge is 2.38. The average Bonchev–Trinajstić information content (AvgIpc) is 2.63. The first-order chi connectivity index (χ1) is 8.79. The zero-order chi connectivity index (χ0) is 12.5. The van der Waals surface area contributed by atoms with Crippen LogP contribution in [0.25, 0.3) is 0 Å². The Morgan fingerprint density at radius 1 is 1.00 bits per heavy atom. The van der Waals surface area contributed by atoms with Gasteiger partial charge in [0.1, 0.15) is 0 Å². The number of rotatable bonds is 2. The quantitative estimate of drug-likeness (QED) is 0.810. The Morgan fingerprint density at radius 3 is 2.61 bits per heavy atom. The van der Waals surface area contributed by atoms with E-state index in [4.69, 9.17) is 5.73 Å². The summed E-state index contributed by atoms with van der Waals surface area (Å²) in [6.07, 6.45) is 9.79. The standard InChI is InChI=1S/C15H29N3/c1-17-13-6-7-14(17)11-18(9-8-13)15-5-3-2-4-12(15)10-16/h12-15H,2-11,16H2,1H3. The molecule has 2 bridgehead atoms. The van der Waals surface area contributed by atoms with E-state index in [1.54, 1.807) is 0 Å². The van der Waals surface area contributed by atoms with Gasteiger partial charge in [0.2, 0.25) is 0 Å². The van der Waals surface area contributed by atoms with Gasteiger partial charge in [-0.05, 0) is 58.2 Å². The van der Waals surface area contributed by atoms with E-state index in [0.717, 1.165) is 30.6 Å². The fourth-order valence-corrected chi connectivity index (χ4v) is 4.58. The molecule has 3 fully saturated rings. The summed E-state index contributed by atoms with van der Waals surface area (Å²) in [5.74, 6) is 0.765. The van der Waals surface area contributed by atoms with E-state index < -0.39 is 0 Å². The van der Waals surface area contributed by atoms with Crippen molar-refractivity contribution in [1.82, 2.24) is 9.80 Å². The SMILES string of the molecule is CN1C2CCC1CN(C1CCCCC1CN)CC2. The second-order valence-corrected chi connectivity index (χ2v) is 6.68. The molecule has 3 heteroatoms. The summed E-state index contributed by atoms with van der Waals surface area (Å²) in [6, 6.07) is 2.47. The average molecular weight is 251 g/mol. The molecule has 0 aromatic rings.